The van der Waals surface area contributed by atoms with Crippen molar-refractivity contribution in [3.8, 4) is 5.88 Å². The summed E-state index contributed by atoms with van der Waals surface area (Å²) in [6.07, 6.45) is 4.27. The lowest BCUT2D eigenvalue weighted by Gasteiger charge is -2.29. The van der Waals surface area contributed by atoms with Gasteiger partial charge in [-0.25, -0.2) is 14.8 Å². The van der Waals surface area contributed by atoms with Crippen LogP contribution in [0.15, 0.2) is 18.5 Å². The molecule has 2 fully saturated rings. The lowest BCUT2D eigenvalue weighted by atomic mass is 10.1. The van der Waals surface area contributed by atoms with Crippen molar-refractivity contribution in [2.45, 2.75) is 37.7 Å². The molecule has 0 atom stereocenters. The van der Waals surface area contributed by atoms with E-state index in [9.17, 15) is 4.79 Å². The average Bonchev–Trinajstić information content (AvgIpc) is 3.36. The van der Waals surface area contributed by atoms with Gasteiger partial charge in [0, 0.05) is 49.7 Å². The van der Waals surface area contributed by atoms with Gasteiger partial charge in [-0.15, -0.1) is 0 Å². The summed E-state index contributed by atoms with van der Waals surface area (Å²) in [5, 5.41) is 19.4. The highest BCUT2D eigenvalue weighted by molar-refractivity contribution is 5.65. The molecule has 0 unspecified atom stereocenters. The van der Waals surface area contributed by atoms with Crippen LogP contribution in [0.2, 0.25) is 0 Å². The number of carboxylic acid groups (broad SMARTS) is 1. The van der Waals surface area contributed by atoms with E-state index in [-0.39, 0.29) is 6.10 Å². The number of aromatic nitrogens is 4. The summed E-state index contributed by atoms with van der Waals surface area (Å²) in [5.74, 6) is 2.43. The maximum Gasteiger partial charge on any atom is 0.407 e. The predicted octanol–water partition coefficient (Wildman–Crippen LogP) is 2.34. The van der Waals surface area contributed by atoms with Gasteiger partial charge in [-0.05, 0) is 12.8 Å². The number of H-pyrrole nitrogens is 1. The van der Waals surface area contributed by atoms with Crippen molar-refractivity contribution in [1.29, 1.82) is 0 Å². The number of ether oxygens (including phenoxy) is 1. The van der Waals surface area contributed by atoms with E-state index in [1.807, 2.05) is 6.07 Å². The molecule has 2 aromatic rings. The van der Waals surface area contributed by atoms with Crippen molar-refractivity contribution in [2.75, 3.05) is 18.4 Å². The zero-order chi connectivity index (χ0) is 17.2. The van der Waals surface area contributed by atoms with Crippen LogP contribution in [0.25, 0.3) is 0 Å². The molecule has 0 bridgehead atoms. The quantitative estimate of drug-likeness (QED) is 0.762. The number of carbonyl (C=O) groups is 1. The van der Waals surface area contributed by atoms with Crippen molar-refractivity contribution in [3.05, 3.63) is 24.2 Å². The zero-order valence-corrected chi connectivity index (χ0v) is 13.7. The molecule has 2 aliphatic rings. The fourth-order valence-electron chi connectivity index (χ4n) is 2.94. The molecule has 0 aromatic carbocycles. The minimum atomic E-state index is -0.878. The molecule has 25 heavy (non-hydrogen) atoms. The molecule has 3 N–H and O–H groups in total. The van der Waals surface area contributed by atoms with Crippen molar-refractivity contribution in [2.24, 2.45) is 0 Å². The molecule has 1 aliphatic carbocycles. The Kier molecular flexibility index (Phi) is 4.12. The molecule has 0 spiro atoms. The second-order valence-corrected chi connectivity index (χ2v) is 6.44. The monoisotopic (exact) mass is 344 g/mol. The van der Waals surface area contributed by atoms with Crippen LogP contribution in [0.3, 0.4) is 0 Å². The van der Waals surface area contributed by atoms with Gasteiger partial charge in [-0.2, -0.15) is 5.10 Å². The first-order valence-corrected chi connectivity index (χ1v) is 8.46. The first-order valence-electron chi connectivity index (χ1n) is 8.46. The van der Waals surface area contributed by atoms with Crippen molar-refractivity contribution >= 4 is 17.7 Å². The first kappa shape index (κ1) is 15.7. The number of piperidine rings is 1. The highest BCUT2D eigenvalue weighted by atomic mass is 16.5. The van der Waals surface area contributed by atoms with Crippen molar-refractivity contribution in [3.63, 3.8) is 0 Å². The smallest absolute Gasteiger partial charge is 0.407 e. The Morgan fingerprint density at radius 2 is 2.00 bits per heavy atom. The third-order valence-electron chi connectivity index (χ3n) is 4.51. The van der Waals surface area contributed by atoms with Crippen LogP contribution in [0.4, 0.5) is 16.4 Å². The van der Waals surface area contributed by atoms with E-state index in [1.165, 1.54) is 24.1 Å². The number of aromatic amines is 1. The normalized spacial score (nSPS) is 18.2. The van der Waals surface area contributed by atoms with E-state index in [0.29, 0.717) is 43.5 Å². The molecule has 1 aliphatic heterocycles. The molecule has 0 radical (unpaired) electrons. The van der Waals surface area contributed by atoms with Gasteiger partial charge in [0.2, 0.25) is 5.88 Å². The molecule has 9 heteroatoms. The standard InChI is InChI=1S/C16H20N6O3/c23-16(24)22-5-3-11(4-6-22)25-15-8-13(17-9-18-15)19-14-7-12(20-21-14)10-1-2-10/h7-11H,1-6H2,(H,23,24)(H2,17,18,19,20,21). The molecule has 4 rings (SSSR count). The lowest BCUT2D eigenvalue weighted by molar-refractivity contribution is 0.0870. The van der Waals surface area contributed by atoms with E-state index in [2.05, 4.69) is 25.5 Å². The zero-order valence-electron chi connectivity index (χ0n) is 13.7. The summed E-state index contributed by atoms with van der Waals surface area (Å²) in [7, 11) is 0. The number of rotatable bonds is 5. The number of anilines is 2. The number of hydrogen-bond donors (Lipinski definition) is 3. The Bertz CT molecular complexity index is 752. The summed E-state index contributed by atoms with van der Waals surface area (Å²) >= 11 is 0. The van der Waals surface area contributed by atoms with Gasteiger partial charge in [0.15, 0.2) is 5.82 Å². The third kappa shape index (κ3) is 3.81. The van der Waals surface area contributed by atoms with Crippen LogP contribution < -0.4 is 10.1 Å². The molecular weight excluding hydrogens is 324 g/mol. The summed E-state index contributed by atoms with van der Waals surface area (Å²) in [5.41, 5.74) is 1.15. The lowest BCUT2D eigenvalue weighted by Crippen LogP contribution is -2.41. The van der Waals surface area contributed by atoms with Crippen LogP contribution in [0.1, 0.15) is 37.3 Å². The molecule has 1 saturated carbocycles. The van der Waals surface area contributed by atoms with E-state index < -0.39 is 6.09 Å². The van der Waals surface area contributed by atoms with Gasteiger partial charge in [0.1, 0.15) is 18.2 Å². The average molecular weight is 344 g/mol. The summed E-state index contributed by atoms with van der Waals surface area (Å²) in [6.45, 7) is 0.959. The van der Waals surface area contributed by atoms with E-state index >= 15 is 0 Å². The Labute approximate surface area is 144 Å². The second-order valence-electron chi connectivity index (χ2n) is 6.44. The summed E-state index contributed by atoms with van der Waals surface area (Å²) < 4.78 is 5.88. The van der Waals surface area contributed by atoms with Gasteiger partial charge in [0.05, 0.1) is 0 Å². The Balaban J connectivity index is 1.35. The number of nitrogens with zero attached hydrogens (tertiary/aromatic N) is 4. The topological polar surface area (TPSA) is 116 Å². The van der Waals surface area contributed by atoms with E-state index in [4.69, 9.17) is 9.84 Å². The highest BCUT2D eigenvalue weighted by Crippen LogP contribution is 2.39. The fourth-order valence-corrected chi connectivity index (χ4v) is 2.94. The second kappa shape index (κ2) is 6.58. The van der Waals surface area contributed by atoms with Gasteiger partial charge in [-0.3, -0.25) is 5.10 Å². The molecule has 2 aromatic heterocycles. The van der Waals surface area contributed by atoms with Crippen molar-refractivity contribution < 1.29 is 14.6 Å². The third-order valence-corrected chi connectivity index (χ3v) is 4.51. The van der Waals surface area contributed by atoms with Gasteiger partial charge in [-0.1, -0.05) is 0 Å². The maximum atomic E-state index is 10.9. The maximum absolute atomic E-state index is 10.9. The largest absolute Gasteiger partial charge is 0.474 e. The SMILES string of the molecule is O=C(O)N1CCC(Oc2cc(Nc3cc(C4CC4)[nH]n3)ncn2)CC1. The van der Waals surface area contributed by atoms with E-state index in [1.54, 1.807) is 6.07 Å². The van der Waals surface area contributed by atoms with Crippen LogP contribution in [-0.2, 0) is 0 Å². The Morgan fingerprint density at radius 3 is 2.72 bits per heavy atom. The number of amides is 1. The van der Waals surface area contributed by atoms with Crippen LogP contribution >= 0.6 is 0 Å². The molecule has 1 saturated heterocycles. The Hall–Kier alpha value is -2.84. The summed E-state index contributed by atoms with van der Waals surface area (Å²) in [6, 6.07) is 3.73. The first-order chi connectivity index (χ1) is 12.2. The number of nitrogens with one attached hydrogen (secondary N) is 2. The molecule has 3 heterocycles. The van der Waals surface area contributed by atoms with Crippen LogP contribution in [0, 0.1) is 0 Å². The predicted molar refractivity (Wildman–Crippen MR) is 89.1 cm³/mol. The van der Waals surface area contributed by atoms with E-state index in [0.717, 1.165) is 11.5 Å². The van der Waals surface area contributed by atoms with Crippen molar-refractivity contribution in [1.82, 2.24) is 25.1 Å². The minimum absolute atomic E-state index is 0.0368. The van der Waals surface area contributed by atoms with Gasteiger partial charge < -0.3 is 20.1 Å². The molecule has 1 amide bonds. The molecular formula is C16H20N6O3. The summed E-state index contributed by atoms with van der Waals surface area (Å²) in [4.78, 5) is 20.7. The van der Waals surface area contributed by atoms with Crippen LogP contribution in [-0.4, -0.2) is 55.5 Å². The van der Waals surface area contributed by atoms with Crippen LogP contribution in [0.5, 0.6) is 5.88 Å². The van der Waals surface area contributed by atoms with Gasteiger partial charge >= 0.3 is 6.09 Å². The Morgan fingerprint density at radius 1 is 1.20 bits per heavy atom. The number of likely N-dealkylation sites (tertiary alicyclic amines) is 1. The fraction of sp³-hybridized carbons (Fsp3) is 0.500. The molecule has 9 nitrogen and oxygen atoms in total. The molecule has 132 valence electrons. The highest BCUT2D eigenvalue weighted by Gasteiger charge is 2.26. The minimum Gasteiger partial charge on any atom is -0.474 e. The van der Waals surface area contributed by atoms with Gasteiger partial charge in [0.25, 0.3) is 0 Å². The number of hydrogen-bond acceptors (Lipinski definition) is 6.